The summed E-state index contributed by atoms with van der Waals surface area (Å²) in [5, 5.41) is 12.2. The predicted octanol–water partition coefficient (Wildman–Crippen LogP) is 3.51. The van der Waals surface area contributed by atoms with Gasteiger partial charge in [-0.1, -0.05) is 6.92 Å². The van der Waals surface area contributed by atoms with Gasteiger partial charge >= 0.3 is 0 Å². The number of ether oxygens (including phenoxy) is 1. The summed E-state index contributed by atoms with van der Waals surface area (Å²) in [6.45, 7) is 6.35. The minimum Gasteiger partial charge on any atom is -0.369 e. The fourth-order valence-corrected chi connectivity index (χ4v) is 6.87. The van der Waals surface area contributed by atoms with Crippen molar-refractivity contribution in [3.8, 4) is 6.19 Å². The van der Waals surface area contributed by atoms with Crippen LogP contribution in [0.3, 0.4) is 0 Å². The van der Waals surface area contributed by atoms with Crippen molar-refractivity contribution in [3.63, 3.8) is 0 Å². The zero-order valence-corrected chi connectivity index (χ0v) is 18.1. The molecule has 0 aromatic heterocycles. The number of primary amides is 1. The molecule has 5 rings (SSSR count). The lowest BCUT2D eigenvalue weighted by molar-refractivity contribution is -0.144. The minimum absolute atomic E-state index is 0.120. The number of nitrogens with one attached hydrogen (secondary N) is 1. The summed E-state index contributed by atoms with van der Waals surface area (Å²) in [7, 11) is 0. The normalized spacial score (nSPS) is 41.8. The number of carbonyl (C=O) groups is 1. The quantitative estimate of drug-likeness (QED) is 0.319. The van der Waals surface area contributed by atoms with Gasteiger partial charge in [-0.05, 0) is 95.3 Å². The van der Waals surface area contributed by atoms with E-state index in [1.807, 2.05) is 13.8 Å². The van der Waals surface area contributed by atoms with Crippen molar-refractivity contribution in [1.29, 1.82) is 5.26 Å². The average molecular weight is 401 g/mol. The summed E-state index contributed by atoms with van der Waals surface area (Å²) in [6.07, 6.45) is 11.8. The van der Waals surface area contributed by atoms with Crippen LogP contribution in [0.15, 0.2) is 4.99 Å². The van der Waals surface area contributed by atoms with Crippen molar-refractivity contribution in [2.45, 2.75) is 96.3 Å². The standard InChI is InChI=1S/C23H36N4O2/c1-14-4-6-18(7-5-14)29-22(2,3)21(26-13-24)27-19-16-8-15-9-17(19)12-23(10-15,11-16)20(25)28/h14-19H,4-12H2,1-3H3,(H2,25,28)(H,26,27). The van der Waals surface area contributed by atoms with Crippen LogP contribution in [0.1, 0.15) is 78.6 Å². The molecule has 6 nitrogen and oxygen atoms in total. The molecule has 6 heteroatoms. The Bertz CT molecular complexity index is 701. The van der Waals surface area contributed by atoms with Gasteiger partial charge in [-0.15, -0.1) is 0 Å². The number of aliphatic imine (C=N–C) groups is 1. The van der Waals surface area contributed by atoms with Gasteiger partial charge in [0.25, 0.3) is 0 Å². The molecular weight excluding hydrogens is 364 g/mol. The van der Waals surface area contributed by atoms with E-state index in [4.69, 9.17) is 15.5 Å². The summed E-state index contributed by atoms with van der Waals surface area (Å²) < 4.78 is 6.47. The smallest absolute Gasteiger partial charge is 0.223 e. The predicted molar refractivity (Wildman–Crippen MR) is 112 cm³/mol. The van der Waals surface area contributed by atoms with E-state index in [0.717, 1.165) is 50.9 Å². The Morgan fingerprint density at radius 2 is 1.79 bits per heavy atom. The van der Waals surface area contributed by atoms with E-state index in [-0.39, 0.29) is 23.5 Å². The first-order valence-electron chi connectivity index (χ1n) is 11.4. The number of nitrogens with zero attached hydrogens (tertiary/aromatic N) is 2. The van der Waals surface area contributed by atoms with Gasteiger partial charge in [-0.3, -0.25) is 15.1 Å². The van der Waals surface area contributed by atoms with Gasteiger partial charge < -0.3 is 10.5 Å². The summed E-state index contributed by atoms with van der Waals surface area (Å²) in [5.74, 6) is 2.67. The lowest BCUT2D eigenvalue weighted by Gasteiger charge is -2.58. The van der Waals surface area contributed by atoms with E-state index in [1.54, 1.807) is 0 Å². The Kier molecular flexibility index (Phi) is 5.40. The van der Waals surface area contributed by atoms with E-state index in [2.05, 4.69) is 18.4 Å². The third-order valence-electron chi connectivity index (χ3n) is 8.19. The third kappa shape index (κ3) is 3.91. The Labute approximate surface area is 174 Å². The number of amides is 1. The molecule has 0 aliphatic heterocycles. The van der Waals surface area contributed by atoms with Gasteiger partial charge in [0, 0.05) is 5.41 Å². The van der Waals surface area contributed by atoms with Crippen molar-refractivity contribution in [3.05, 3.63) is 0 Å². The summed E-state index contributed by atoms with van der Waals surface area (Å²) in [5.41, 5.74) is 4.88. The molecule has 2 atom stereocenters. The molecule has 5 fully saturated rings. The van der Waals surface area contributed by atoms with Crippen molar-refractivity contribution in [2.75, 3.05) is 0 Å². The second kappa shape index (κ2) is 7.58. The van der Waals surface area contributed by atoms with E-state index >= 15 is 0 Å². The maximum atomic E-state index is 12.2. The topological polar surface area (TPSA) is 100 Å². The van der Waals surface area contributed by atoms with Crippen molar-refractivity contribution in [1.82, 2.24) is 5.32 Å². The van der Waals surface area contributed by atoms with Gasteiger partial charge in [0.05, 0.1) is 12.1 Å². The lowest BCUT2D eigenvalue weighted by Crippen LogP contribution is -2.58. The molecule has 5 aliphatic carbocycles. The molecule has 0 aromatic carbocycles. The summed E-state index contributed by atoms with van der Waals surface area (Å²) >= 11 is 0. The highest BCUT2D eigenvalue weighted by Crippen LogP contribution is 2.60. The van der Waals surface area contributed by atoms with Crippen molar-refractivity contribution in [2.24, 2.45) is 39.8 Å². The first-order chi connectivity index (χ1) is 13.7. The second-order valence-electron chi connectivity index (χ2n) is 10.8. The van der Waals surface area contributed by atoms with Crippen LogP contribution in [0.2, 0.25) is 0 Å². The summed E-state index contributed by atoms with van der Waals surface area (Å²) in [4.78, 5) is 17.3. The largest absolute Gasteiger partial charge is 0.369 e. The van der Waals surface area contributed by atoms with Crippen LogP contribution in [-0.2, 0) is 9.53 Å². The van der Waals surface area contributed by atoms with Crippen LogP contribution in [0.4, 0.5) is 0 Å². The number of hydrogen-bond acceptors (Lipinski definition) is 4. The molecule has 3 N–H and O–H groups in total. The van der Waals surface area contributed by atoms with Crippen LogP contribution in [-0.4, -0.2) is 29.5 Å². The Hall–Kier alpha value is -1.61. The Balaban J connectivity index is 1.53. The fourth-order valence-electron chi connectivity index (χ4n) is 6.87. The number of amidine groups is 1. The molecule has 160 valence electrons. The minimum atomic E-state index is -0.628. The molecule has 5 saturated carbocycles. The highest BCUT2D eigenvalue weighted by Gasteiger charge is 2.58. The molecule has 0 aromatic rings. The molecule has 2 unspecified atom stereocenters. The van der Waals surface area contributed by atoms with Gasteiger partial charge in [0.2, 0.25) is 5.91 Å². The van der Waals surface area contributed by atoms with Crippen LogP contribution >= 0.6 is 0 Å². The molecule has 0 spiro atoms. The Morgan fingerprint density at radius 1 is 1.17 bits per heavy atom. The first-order valence-corrected chi connectivity index (χ1v) is 11.4. The highest BCUT2D eigenvalue weighted by atomic mass is 16.5. The zero-order chi connectivity index (χ0) is 20.8. The monoisotopic (exact) mass is 400 g/mol. The lowest BCUT2D eigenvalue weighted by atomic mass is 9.48. The van der Waals surface area contributed by atoms with E-state index in [1.165, 1.54) is 12.8 Å². The number of rotatable bonds is 5. The molecule has 29 heavy (non-hydrogen) atoms. The first kappa shape index (κ1) is 20.7. The molecule has 0 heterocycles. The molecular formula is C23H36N4O2. The molecule has 0 radical (unpaired) electrons. The van der Waals surface area contributed by atoms with Gasteiger partial charge in [0.15, 0.2) is 6.19 Å². The fraction of sp³-hybridized carbons (Fsp3) is 0.870. The molecule has 4 bridgehead atoms. The van der Waals surface area contributed by atoms with Crippen molar-refractivity contribution < 1.29 is 9.53 Å². The van der Waals surface area contributed by atoms with E-state index in [9.17, 15) is 10.1 Å². The van der Waals surface area contributed by atoms with E-state index < -0.39 is 5.60 Å². The van der Waals surface area contributed by atoms with Gasteiger partial charge in [0.1, 0.15) is 11.4 Å². The zero-order valence-electron chi connectivity index (χ0n) is 18.1. The average Bonchev–Trinajstić information content (AvgIpc) is 2.65. The van der Waals surface area contributed by atoms with Crippen LogP contribution < -0.4 is 11.1 Å². The van der Waals surface area contributed by atoms with Crippen molar-refractivity contribution >= 4 is 11.7 Å². The van der Waals surface area contributed by atoms with E-state index in [0.29, 0.717) is 23.6 Å². The number of carbonyl (C=O) groups excluding carboxylic acids is 1. The second-order valence-corrected chi connectivity index (χ2v) is 10.8. The maximum absolute atomic E-state index is 12.2. The number of nitriles is 1. The molecule has 5 aliphatic rings. The van der Waals surface area contributed by atoms with Crippen LogP contribution in [0.25, 0.3) is 0 Å². The maximum Gasteiger partial charge on any atom is 0.223 e. The molecule has 0 saturated heterocycles. The van der Waals surface area contributed by atoms with Crippen LogP contribution in [0, 0.1) is 40.5 Å². The highest BCUT2D eigenvalue weighted by molar-refractivity contribution is 5.91. The Morgan fingerprint density at radius 3 is 2.34 bits per heavy atom. The van der Waals surface area contributed by atoms with Gasteiger partial charge in [-0.2, -0.15) is 5.26 Å². The third-order valence-corrected chi connectivity index (χ3v) is 8.19. The van der Waals surface area contributed by atoms with Gasteiger partial charge in [-0.25, -0.2) is 0 Å². The number of nitrogens with two attached hydrogens (primary N) is 1. The number of hydrogen-bond donors (Lipinski definition) is 2. The molecule has 1 amide bonds. The summed E-state index contributed by atoms with van der Waals surface area (Å²) in [6, 6.07) is 0.157. The van der Waals surface area contributed by atoms with Crippen LogP contribution in [0.5, 0.6) is 0 Å². The SMILES string of the molecule is CC1CCC(OC(C)(C)C(=NC2C3CC4CC2CC(C(N)=O)(C4)C3)NC#N)CC1.